The summed E-state index contributed by atoms with van der Waals surface area (Å²) in [4.78, 5) is 16.5. The Morgan fingerprint density at radius 3 is 2.52 bits per heavy atom. The Bertz CT molecular complexity index is 875. The third-order valence-corrected chi connectivity index (χ3v) is 4.15. The number of nitrogens with zero attached hydrogens (tertiary/aromatic N) is 4. The normalized spacial score (nSPS) is 12.0. The Balaban J connectivity index is 1.99. The molecule has 1 amide bonds. The van der Waals surface area contributed by atoms with Gasteiger partial charge in [0.05, 0.1) is 17.9 Å². The summed E-state index contributed by atoms with van der Waals surface area (Å²) < 4.78 is 39.0. The number of amides is 1. The first-order valence-electron chi connectivity index (χ1n) is 8.97. The van der Waals surface area contributed by atoms with Crippen molar-refractivity contribution in [3.05, 3.63) is 47.3 Å². The molecule has 0 aliphatic heterocycles. The number of halogens is 3. The molecule has 0 unspecified atom stereocenters. The molecule has 0 aliphatic carbocycles. The number of alkyl halides is 3. The molecule has 0 saturated heterocycles. The Labute approximate surface area is 167 Å². The number of likely N-dealkylation sites (N-methyl/N-ethyl adjacent to an activating group) is 1. The van der Waals surface area contributed by atoms with Crippen molar-refractivity contribution in [2.24, 2.45) is 4.99 Å². The highest BCUT2D eigenvalue weighted by molar-refractivity contribution is 5.86. The van der Waals surface area contributed by atoms with Gasteiger partial charge in [-0.05, 0) is 31.5 Å². The fourth-order valence-corrected chi connectivity index (χ4v) is 2.79. The zero-order valence-corrected chi connectivity index (χ0v) is 16.8. The van der Waals surface area contributed by atoms with Crippen molar-refractivity contribution in [1.29, 1.82) is 0 Å². The SMILES string of the molecule is CN=C(NCC(=O)N(C)CC(F)(F)F)NCc1ccccc1-n1nc(C)cc1C. The van der Waals surface area contributed by atoms with Crippen LogP contribution in [0.2, 0.25) is 0 Å². The predicted octanol–water partition coefficient (Wildman–Crippen LogP) is 2.17. The highest BCUT2D eigenvalue weighted by atomic mass is 19.4. The quantitative estimate of drug-likeness (QED) is 0.566. The van der Waals surface area contributed by atoms with Crippen LogP contribution in [0, 0.1) is 13.8 Å². The van der Waals surface area contributed by atoms with Crippen molar-refractivity contribution < 1.29 is 18.0 Å². The molecule has 0 fully saturated rings. The number of benzene rings is 1. The van der Waals surface area contributed by atoms with Gasteiger partial charge in [0.25, 0.3) is 0 Å². The fourth-order valence-electron chi connectivity index (χ4n) is 2.79. The zero-order chi connectivity index (χ0) is 21.6. The molecule has 29 heavy (non-hydrogen) atoms. The maximum atomic E-state index is 12.4. The average Bonchev–Trinajstić information content (AvgIpc) is 2.98. The van der Waals surface area contributed by atoms with Gasteiger partial charge in [-0.15, -0.1) is 0 Å². The van der Waals surface area contributed by atoms with Gasteiger partial charge in [0, 0.05) is 26.3 Å². The van der Waals surface area contributed by atoms with Crippen LogP contribution in [0.3, 0.4) is 0 Å². The Hall–Kier alpha value is -3.04. The number of rotatable bonds is 6. The minimum atomic E-state index is -4.43. The molecule has 10 heteroatoms. The lowest BCUT2D eigenvalue weighted by Crippen LogP contribution is -2.45. The van der Waals surface area contributed by atoms with Crippen LogP contribution < -0.4 is 10.6 Å². The molecule has 0 atom stereocenters. The van der Waals surface area contributed by atoms with Crippen LogP contribution in [0.5, 0.6) is 0 Å². The number of hydrogen-bond acceptors (Lipinski definition) is 3. The molecule has 0 saturated carbocycles. The lowest BCUT2D eigenvalue weighted by molar-refractivity contribution is -0.157. The van der Waals surface area contributed by atoms with E-state index < -0.39 is 18.6 Å². The van der Waals surface area contributed by atoms with E-state index in [0.717, 1.165) is 29.7 Å². The minimum absolute atomic E-state index is 0.300. The maximum absolute atomic E-state index is 12.4. The van der Waals surface area contributed by atoms with Crippen LogP contribution in [0.1, 0.15) is 17.0 Å². The highest BCUT2D eigenvalue weighted by Crippen LogP contribution is 2.17. The standard InChI is InChI=1S/C19H25F3N6O/c1-13-9-14(2)28(26-13)16-8-6-5-7-15(16)10-24-18(23-3)25-11-17(29)27(4)12-19(20,21)22/h5-9H,10-12H2,1-4H3,(H2,23,24,25). The summed E-state index contributed by atoms with van der Waals surface area (Å²) in [7, 11) is 2.63. The molecule has 0 radical (unpaired) electrons. The van der Waals surface area contributed by atoms with Crippen LogP contribution in [0.15, 0.2) is 35.3 Å². The Morgan fingerprint density at radius 1 is 1.24 bits per heavy atom. The lowest BCUT2D eigenvalue weighted by atomic mass is 10.1. The highest BCUT2D eigenvalue weighted by Gasteiger charge is 2.31. The Kier molecular flexibility index (Phi) is 7.24. The van der Waals surface area contributed by atoms with E-state index in [1.165, 1.54) is 7.05 Å². The van der Waals surface area contributed by atoms with E-state index >= 15 is 0 Å². The van der Waals surface area contributed by atoms with Gasteiger partial charge in [0.2, 0.25) is 5.91 Å². The number of nitrogens with one attached hydrogen (secondary N) is 2. The van der Waals surface area contributed by atoms with Crippen molar-refractivity contribution in [2.75, 3.05) is 27.2 Å². The van der Waals surface area contributed by atoms with Gasteiger partial charge in [-0.2, -0.15) is 18.3 Å². The second-order valence-electron chi connectivity index (χ2n) is 6.61. The van der Waals surface area contributed by atoms with Crippen molar-refractivity contribution in [3.8, 4) is 5.69 Å². The number of aryl methyl sites for hydroxylation is 2. The van der Waals surface area contributed by atoms with Crippen molar-refractivity contribution in [2.45, 2.75) is 26.6 Å². The second kappa shape index (κ2) is 9.44. The molecule has 1 aromatic carbocycles. The minimum Gasteiger partial charge on any atom is -0.352 e. The summed E-state index contributed by atoms with van der Waals surface area (Å²) in [6.07, 6.45) is -4.43. The Morgan fingerprint density at radius 2 is 1.93 bits per heavy atom. The van der Waals surface area contributed by atoms with Crippen molar-refractivity contribution >= 4 is 11.9 Å². The summed E-state index contributed by atoms with van der Waals surface area (Å²) >= 11 is 0. The van der Waals surface area contributed by atoms with Gasteiger partial charge in [-0.25, -0.2) is 4.68 Å². The van der Waals surface area contributed by atoms with Gasteiger partial charge >= 0.3 is 6.18 Å². The van der Waals surface area contributed by atoms with Crippen LogP contribution in [0.4, 0.5) is 13.2 Å². The number of aliphatic imine (C=N–C) groups is 1. The van der Waals surface area contributed by atoms with Crippen LogP contribution >= 0.6 is 0 Å². The smallest absolute Gasteiger partial charge is 0.352 e. The lowest BCUT2D eigenvalue weighted by Gasteiger charge is -2.20. The molecule has 0 spiro atoms. The van der Waals surface area contributed by atoms with E-state index in [4.69, 9.17) is 0 Å². The number of para-hydroxylation sites is 1. The van der Waals surface area contributed by atoms with E-state index in [9.17, 15) is 18.0 Å². The molecule has 0 aliphatic rings. The molecule has 1 aromatic heterocycles. The molecule has 0 bridgehead atoms. The van der Waals surface area contributed by atoms with Crippen LogP contribution in [-0.4, -0.2) is 59.9 Å². The van der Waals surface area contributed by atoms with E-state index in [1.54, 1.807) is 0 Å². The molecular formula is C19H25F3N6O. The molecule has 7 nitrogen and oxygen atoms in total. The van der Waals surface area contributed by atoms with Gasteiger partial charge in [-0.3, -0.25) is 9.79 Å². The molecule has 2 N–H and O–H groups in total. The van der Waals surface area contributed by atoms with Gasteiger partial charge in [0.15, 0.2) is 5.96 Å². The number of hydrogen-bond donors (Lipinski definition) is 2. The summed E-state index contributed by atoms with van der Waals surface area (Å²) in [6, 6.07) is 9.68. The predicted molar refractivity (Wildman–Crippen MR) is 105 cm³/mol. The van der Waals surface area contributed by atoms with E-state index in [0.29, 0.717) is 17.4 Å². The molecule has 2 aromatic rings. The number of guanidine groups is 1. The summed E-state index contributed by atoms with van der Waals surface area (Å²) in [5, 5.41) is 10.3. The van der Waals surface area contributed by atoms with E-state index in [1.807, 2.05) is 48.9 Å². The van der Waals surface area contributed by atoms with E-state index in [-0.39, 0.29) is 6.54 Å². The maximum Gasteiger partial charge on any atom is 0.406 e. The van der Waals surface area contributed by atoms with Crippen LogP contribution in [-0.2, 0) is 11.3 Å². The molecule has 158 valence electrons. The van der Waals surface area contributed by atoms with Crippen LogP contribution in [0.25, 0.3) is 5.69 Å². The van der Waals surface area contributed by atoms with Gasteiger partial charge in [-0.1, -0.05) is 18.2 Å². The third kappa shape index (κ3) is 6.51. The first-order valence-corrected chi connectivity index (χ1v) is 8.97. The number of aromatic nitrogens is 2. The van der Waals surface area contributed by atoms with Gasteiger partial charge < -0.3 is 15.5 Å². The molecular weight excluding hydrogens is 385 g/mol. The van der Waals surface area contributed by atoms with E-state index in [2.05, 4.69) is 20.7 Å². The zero-order valence-electron chi connectivity index (χ0n) is 16.8. The summed E-state index contributed by atoms with van der Waals surface area (Å²) in [5.74, 6) is -0.379. The molecule has 1 heterocycles. The first kappa shape index (κ1) is 22.3. The topological polar surface area (TPSA) is 74.6 Å². The van der Waals surface area contributed by atoms with Crippen molar-refractivity contribution in [1.82, 2.24) is 25.3 Å². The summed E-state index contributed by atoms with van der Waals surface area (Å²) in [5.41, 5.74) is 3.75. The van der Waals surface area contributed by atoms with Crippen molar-refractivity contribution in [3.63, 3.8) is 0 Å². The fraction of sp³-hybridized carbons (Fsp3) is 0.421. The van der Waals surface area contributed by atoms with Gasteiger partial charge in [0.1, 0.15) is 6.54 Å². The second-order valence-corrected chi connectivity index (χ2v) is 6.61. The number of carbonyl (C=O) groups excluding carboxylic acids is 1. The summed E-state index contributed by atoms with van der Waals surface area (Å²) in [6.45, 7) is 2.68. The third-order valence-electron chi connectivity index (χ3n) is 4.15. The monoisotopic (exact) mass is 410 g/mol. The largest absolute Gasteiger partial charge is 0.406 e. The first-order chi connectivity index (χ1) is 13.6. The average molecular weight is 410 g/mol. The molecule has 2 rings (SSSR count). The number of carbonyl (C=O) groups is 1.